The molecule has 1 heterocycles. The highest BCUT2D eigenvalue weighted by Gasteiger charge is 2.45. The maximum absolute atomic E-state index is 5.94. The Balaban J connectivity index is 1.99. The molecule has 0 aromatic rings. The van der Waals surface area contributed by atoms with Crippen molar-refractivity contribution < 1.29 is 4.74 Å². The molecule has 1 saturated carbocycles. The van der Waals surface area contributed by atoms with Gasteiger partial charge in [-0.1, -0.05) is 0 Å². The van der Waals surface area contributed by atoms with Crippen molar-refractivity contribution in [3.63, 3.8) is 0 Å². The van der Waals surface area contributed by atoms with Crippen LogP contribution in [0.1, 0.15) is 33.1 Å². The van der Waals surface area contributed by atoms with Gasteiger partial charge in [-0.2, -0.15) is 0 Å². The van der Waals surface area contributed by atoms with Gasteiger partial charge in [-0.05, 0) is 39.0 Å². The maximum Gasteiger partial charge on any atom is 0.0660 e. The van der Waals surface area contributed by atoms with Crippen molar-refractivity contribution >= 4 is 0 Å². The minimum absolute atomic E-state index is 0.0653. The Kier molecular flexibility index (Phi) is 3.33. The molecule has 0 radical (unpaired) electrons. The highest BCUT2D eigenvalue weighted by Crippen LogP contribution is 2.41. The molecular formula is C12H24N2O. The molecule has 0 amide bonds. The highest BCUT2D eigenvalue weighted by atomic mass is 16.5. The van der Waals surface area contributed by atoms with Gasteiger partial charge in [0, 0.05) is 25.7 Å². The molecule has 2 bridgehead atoms. The van der Waals surface area contributed by atoms with Crippen LogP contribution in [0.5, 0.6) is 0 Å². The van der Waals surface area contributed by atoms with Crippen LogP contribution in [0.4, 0.5) is 0 Å². The summed E-state index contributed by atoms with van der Waals surface area (Å²) in [5, 5.41) is 0. The lowest BCUT2D eigenvalue weighted by molar-refractivity contribution is -0.00587. The Morgan fingerprint density at radius 3 is 2.73 bits per heavy atom. The zero-order valence-corrected chi connectivity index (χ0v) is 10.0. The summed E-state index contributed by atoms with van der Waals surface area (Å²) < 4.78 is 5.59. The second-order valence-corrected chi connectivity index (χ2v) is 5.32. The molecule has 15 heavy (non-hydrogen) atoms. The lowest BCUT2D eigenvalue weighted by atomic mass is 9.97. The molecule has 2 rings (SSSR count). The van der Waals surface area contributed by atoms with E-state index in [1.54, 1.807) is 0 Å². The third-order valence-corrected chi connectivity index (χ3v) is 4.16. The number of nitrogens with zero attached hydrogens (tertiary/aromatic N) is 1. The number of piperidine rings is 1. The molecule has 0 spiro atoms. The zero-order chi connectivity index (χ0) is 10.9. The van der Waals surface area contributed by atoms with E-state index in [9.17, 15) is 0 Å². The smallest absolute Gasteiger partial charge is 0.0660 e. The molecule has 88 valence electrons. The lowest BCUT2D eigenvalue weighted by Gasteiger charge is -2.43. The van der Waals surface area contributed by atoms with Crippen LogP contribution in [0.3, 0.4) is 0 Å². The lowest BCUT2D eigenvalue weighted by Crippen LogP contribution is -2.57. The summed E-state index contributed by atoms with van der Waals surface area (Å²) in [7, 11) is 0. The van der Waals surface area contributed by atoms with Crippen LogP contribution in [-0.4, -0.2) is 42.8 Å². The molecule has 2 fully saturated rings. The first-order chi connectivity index (χ1) is 7.19. The predicted octanol–water partition coefficient (Wildman–Crippen LogP) is 1.22. The molecule has 3 unspecified atom stereocenters. The average Bonchev–Trinajstić information content (AvgIpc) is 2.87. The van der Waals surface area contributed by atoms with Crippen LogP contribution in [0.2, 0.25) is 0 Å². The van der Waals surface area contributed by atoms with Gasteiger partial charge >= 0.3 is 0 Å². The van der Waals surface area contributed by atoms with E-state index in [0.29, 0.717) is 6.54 Å². The topological polar surface area (TPSA) is 38.5 Å². The summed E-state index contributed by atoms with van der Waals surface area (Å²) in [4.78, 5) is 2.61. The largest absolute Gasteiger partial charge is 0.380 e. The molecule has 2 aliphatic rings. The van der Waals surface area contributed by atoms with Gasteiger partial charge in [0.15, 0.2) is 0 Å². The van der Waals surface area contributed by atoms with Crippen LogP contribution >= 0.6 is 0 Å². The van der Waals surface area contributed by atoms with Gasteiger partial charge in [0.1, 0.15) is 0 Å². The predicted molar refractivity (Wildman–Crippen MR) is 61.8 cm³/mol. The van der Waals surface area contributed by atoms with Crippen LogP contribution in [-0.2, 0) is 4.74 Å². The zero-order valence-electron chi connectivity index (χ0n) is 10.0. The van der Waals surface area contributed by atoms with Gasteiger partial charge in [-0.25, -0.2) is 0 Å². The van der Waals surface area contributed by atoms with Crippen molar-refractivity contribution in [2.45, 2.75) is 44.7 Å². The molecule has 1 aliphatic carbocycles. The van der Waals surface area contributed by atoms with Gasteiger partial charge in [-0.15, -0.1) is 0 Å². The fourth-order valence-electron chi connectivity index (χ4n) is 3.17. The van der Waals surface area contributed by atoms with E-state index in [-0.39, 0.29) is 5.54 Å². The first-order valence-corrected chi connectivity index (χ1v) is 6.24. The Bertz CT molecular complexity index is 222. The second kappa shape index (κ2) is 4.40. The van der Waals surface area contributed by atoms with Crippen molar-refractivity contribution in [1.82, 2.24) is 4.90 Å². The summed E-state index contributed by atoms with van der Waals surface area (Å²) in [6.07, 6.45) is 4.19. The fraction of sp³-hybridized carbons (Fsp3) is 1.00. The minimum Gasteiger partial charge on any atom is -0.380 e. The van der Waals surface area contributed by atoms with Gasteiger partial charge in [0.05, 0.1) is 12.1 Å². The summed E-state index contributed by atoms with van der Waals surface area (Å²) in [6, 6.07) is 0.781. The van der Waals surface area contributed by atoms with E-state index in [0.717, 1.165) is 25.2 Å². The molecule has 1 saturated heterocycles. The van der Waals surface area contributed by atoms with E-state index in [2.05, 4.69) is 11.8 Å². The second-order valence-electron chi connectivity index (χ2n) is 5.32. The van der Waals surface area contributed by atoms with E-state index < -0.39 is 0 Å². The molecular weight excluding hydrogens is 188 g/mol. The number of rotatable bonds is 5. The molecule has 0 aromatic heterocycles. The normalized spacial score (nSPS) is 34.6. The van der Waals surface area contributed by atoms with Crippen LogP contribution in [0.25, 0.3) is 0 Å². The van der Waals surface area contributed by atoms with Crippen molar-refractivity contribution in [3.05, 3.63) is 0 Å². The Labute approximate surface area is 93.0 Å². The van der Waals surface area contributed by atoms with Crippen LogP contribution in [0, 0.1) is 5.92 Å². The van der Waals surface area contributed by atoms with Crippen molar-refractivity contribution in [2.75, 3.05) is 26.3 Å². The maximum atomic E-state index is 5.94. The number of ether oxygens (including phenoxy) is 1. The summed E-state index contributed by atoms with van der Waals surface area (Å²) in [5.41, 5.74) is 6.00. The summed E-state index contributed by atoms with van der Waals surface area (Å²) in [6.45, 7) is 7.82. The first kappa shape index (κ1) is 11.4. The number of nitrogens with two attached hydrogens (primary N) is 1. The third kappa shape index (κ3) is 2.05. The van der Waals surface area contributed by atoms with Crippen molar-refractivity contribution in [2.24, 2.45) is 11.7 Å². The van der Waals surface area contributed by atoms with Gasteiger partial charge in [0.25, 0.3) is 0 Å². The van der Waals surface area contributed by atoms with Crippen LogP contribution < -0.4 is 5.73 Å². The number of likely N-dealkylation sites (tertiary alicyclic amines) is 1. The minimum atomic E-state index is 0.0653. The molecule has 0 aromatic carbocycles. The Morgan fingerprint density at radius 2 is 2.27 bits per heavy atom. The number of fused-ring (bicyclic) bond motifs is 2. The van der Waals surface area contributed by atoms with Crippen molar-refractivity contribution in [1.29, 1.82) is 0 Å². The molecule has 3 nitrogen and oxygen atoms in total. The molecule has 2 N–H and O–H groups in total. The molecule has 3 heteroatoms. The number of hydrogen-bond donors (Lipinski definition) is 1. The van der Waals surface area contributed by atoms with Gasteiger partial charge in [0.2, 0.25) is 0 Å². The Morgan fingerprint density at radius 1 is 1.47 bits per heavy atom. The SMILES string of the molecule is CCOCC(C)(CN)N1CC2CCC1C2. The summed E-state index contributed by atoms with van der Waals surface area (Å²) >= 11 is 0. The van der Waals surface area contributed by atoms with Crippen LogP contribution in [0.15, 0.2) is 0 Å². The van der Waals surface area contributed by atoms with E-state index in [4.69, 9.17) is 10.5 Å². The Hall–Kier alpha value is -0.120. The van der Waals surface area contributed by atoms with E-state index in [1.807, 2.05) is 6.92 Å². The third-order valence-electron chi connectivity index (χ3n) is 4.16. The monoisotopic (exact) mass is 212 g/mol. The highest BCUT2D eigenvalue weighted by molar-refractivity contribution is 5.01. The number of hydrogen-bond acceptors (Lipinski definition) is 3. The summed E-state index contributed by atoms with van der Waals surface area (Å²) in [5.74, 6) is 0.933. The van der Waals surface area contributed by atoms with Crippen molar-refractivity contribution in [3.8, 4) is 0 Å². The molecule has 3 atom stereocenters. The van der Waals surface area contributed by atoms with Gasteiger partial charge in [-0.3, -0.25) is 4.90 Å². The fourth-order valence-corrected chi connectivity index (χ4v) is 3.17. The first-order valence-electron chi connectivity index (χ1n) is 6.24. The average molecular weight is 212 g/mol. The van der Waals surface area contributed by atoms with E-state index in [1.165, 1.54) is 25.8 Å². The standard InChI is InChI=1S/C12H24N2O/c1-3-15-9-12(2,8-13)14-7-10-4-5-11(14)6-10/h10-11H,3-9,13H2,1-2H3. The molecule has 1 aliphatic heterocycles. The van der Waals surface area contributed by atoms with Gasteiger partial charge < -0.3 is 10.5 Å². The quantitative estimate of drug-likeness (QED) is 0.745. The van der Waals surface area contributed by atoms with E-state index >= 15 is 0 Å².